The van der Waals surface area contributed by atoms with Gasteiger partial charge < -0.3 is 5.32 Å². The number of nitrogens with one attached hydrogen (secondary N) is 1. The molecule has 0 radical (unpaired) electrons. The van der Waals surface area contributed by atoms with E-state index in [2.05, 4.69) is 5.32 Å². The van der Waals surface area contributed by atoms with Crippen LogP contribution in [0.25, 0.3) is 0 Å². The normalized spacial score (nSPS) is 18.4. The topological polar surface area (TPSA) is 112 Å². The van der Waals surface area contributed by atoms with Crippen LogP contribution in [0.2, 0.25) is 0 Å². The predicted octanol–water partition coefficient (Wildman–Crippen LogP) is 11.9. The van der Waals surface area contributed by atoms with Crippen LogP contribution in [0.15, 0.2) is 238 Å². The van der Waals surface area contributed by atoms with Crippen LogP contribution in [0.3, 0.4) is 0 Å². The Morgan fingerprint density at radius 3 is 1.01 bits per heavy atom. The lowest BCUT2D eigenvalue weighted by Crippen LogP contribution is -2.38. The van der Waals surface area contributed by atoms with Crippen molar-refractivity contribution in [3.05, 3.63) is 263 Å². The number of aliphatic imine (C=N–C) groups is 2. The highest BCUT2D eigenvalue weighted by Gasteiger charge is 2.48. The standard InChI is InChI=1S/C56H47N5O4S2/c1-39-31-35-45(36-32-39)66(62,63)60-53(43-23-11-5-12-24-43)51(41-19-7-3-8-20-41)58-55(60)47-27-15-17-29-49(47)57-50-30-18-16-28-48(50)56-59-52(42-21-9-4-10-22-42)54(44-25-13-6-14-26-44)61(56)67(64,65)46-37-33-40(2)34-38-46/h3-38,51-54,57H,1-2H3/t51-,52-,53-,54-/m1/s1. The van der Waals surface area contributed by atoms with E-state index in [-0.39, 0.29) is 21.5 Å². The average molecular weight is 918 g/mol. The number of para-hydroxylation sites is 2. The summed E-state index contributed by atoms with van der Waals surface area (Å²) in [6.45, 7) is 3.85. The van der Waals surface area contributed by atoms with Crippen molar-refractivity contribution in [3.63, 3.8) is 0 Å². The van der Waals surface area contributed by atoms with Gasteiger partial charge in [0, 0.05) is 22.5 Å². The summed E-state index contributed by atoms with van der Waals surface area (Å²) in [6.07, 6.45) is 0. The minimum atomic E-state index is -4.24. The summed E-state index contributed by atoms with van der Waals surface area (Å²) < 4.78 is 64.1. The van der Waals surface area contributed by atoms with Crippen molar-refractivity contribution < 1.29 is 16.8 Å². The number of sulfonamides is 2. The molecule has 0 fully saturated rings. The SMILES string of the molecule is Cc1ccc(S(=O)(=O)N2C(c3ccccc3Nc3ccccc3C3=N[C@H](c4ccccc4)[C@@H](c4ccccc4)N3S(=O)(=O)c3ccc(C)cc3)=N[C@H](c3ccccc3)[C@H]2c2ccccc2)cc1. The Labute approximate surface area is 392 Å². The van der Waals surface area contributed by atoms with Gasteiger partial charge in [-0.3, -0.25) is 9.98 Å². The first kappa shape index (κ1) is 43.3. The third-order valence-corrected chi connectivity index (χ3v) is 15.9. The molecule has 0 saturated heterocycles. The van der Waals surface area contributed by atoms with Crippen LogP contribution in [0.1, 0.15) is 68.7 Å². The van der Waals surface area contributed by atoms with Crippen LogP contribution >= 0.6 is 0 Å². The van der Waals surface area contributed by atoms with Crippen LogP contribution in [0.4, 0.5) is 11.4 Å². The molecule has 8 aromatic carbocycles. The fourth-order valence-electron chi connectivity index (χ4n) is 9.06. The lowest BCUT2D eigenvalue weighted by atomic mass is 9.95. The van der Waals surface area contributed by atoms with E-state index in [1.165, 1.54) is 8.61 Å². The average Bonchev–Trinajstić information content (AvgIpc) is 3.98. The van der Waals surface area contributed by atoms with Gasteiger partial charge in [0.1, 0.15) is 23.8 Å². The van der Waals surface area contributed by atoms with Crippen LogP contribution in [-0.2, 0) is 20.0 Å². The van der Waals surface area contributed by atoms with E-state index in [9.17, 15) is 0 Å². The second-order valence-electron chi connectivity index (χ2n) is 16.8. The molecule has 0 aromatic heterocycles. The molecular formula is C56H47N5O4S2. The number of anilines is 2. The number of rotatable bonds is 12. The lowest BCUT2D eigenvalue weighted by Gasteiger charge is -2.31. The summed E-state index contributed by atoms with van der Waals surface area (Å²) in [7, 11) is -8.47. The zero-order valence-corrected chi connectivity index (χ0v) is 38.5. The first-order chi connectivity index (χ1) is 32.6. The maximum atomic E-state index is 15.3. The van der Waals surface area contributed by atoms with Gasteiger partial charge in [-0.25, -0.2) is 25.4 Å². The van der Waals surface area contributed by atoms with Gasteiger partial charge in [0.05, 0.1) is 21.9 Å². The summed E-state index contributed by atoms with van der Waals surface area (Å²) >= 11 is 0. The predicted molar refractivity (Wildman–Crippen MR) is 266 cm³/mol. The minimum Gasteiger partial charge on any atom is -0.354 e. The molecule has 0 aliphatic carbocycles. The Bertz CT molecular complexity index is 3110. The molecule has 10 rings (SSSR count). The van der Waals surface area contributed by atoms with Crippen molar-refractivity contribution >= 4 is 43.1 Å². The second-order valence-corrected chi connectivity index (χ2v) is 20.4. The Morgan fingerprint density at radius 2 is 0.672 bits per heavy atom. The van der Waals surface area contributed by atoms with Crippen LogP contribution < -0.4 is 5.32 Å². The third kappa shape index (κ3) is 8.21. The molecule has 0 bridgehead atoms. The van der Waals surface area contributed by atoms with Gasteiger partial charge >= 0.3 is 0 Å². The molecule has 332 valence electrons. The smallest absolute Gasteiger partial charge is 0.266 e. The zero-order chi connectivity index (χ0) is 46.1. The third-order valence-electron chi connectivity index (χ3n) is 12.4. The van der Waals surface area contributed by atoms with Crippen LogP contribution in [0.5, 0.6) is 0 Å². The van der Waals surface area contributed by atoms with Crippen LogP contribution in [-0.4, -0.2) is 37.1 Å². The van der Waals surface area contributed by atoms with E-state index in [1.807, 2.05) is 184 Å². The first-order valence-electron chi connectivity index (χ1n) is 22.1. The second kappa shape index (κ2) is 18.0. The molecule has 11 heteroatoms. The summed E-state index contributed by atoms with van der Waals surface area (Å²) in [4.78, 5) is 11.0. The highest BCUT2D eigenvalue weighted by Crippen LogP contribution is 2.49. The lowest BCUT2D eigenvalue weighted by molar-refractivity contribution is 0.419. The fraction of sp³-hybridized carbons (Fsp3) is 0.107. The Kier molecular flexibility index (Phi) is 11.6. The molecule has 2 aliphatic rings. The first-order valence-corrected chi connectivity index (χ1v) is 25.0. The minimum absolute atomic E-state index is 0.145. The number of benzene rings is 8. The van der Waals surface area contributed by atoms with E-state index < -0.39 is 44.2 Å². The summed E-state index contributed by atoms with van der Waals surface area (Å²) in [5.41, 5.74) is 7.37. The van der Waals surface area contributed by atoms with E-state index in [4.69, 9.17) is 9.98 Å². The molecule has 0 spiro atoms. The maximum Gasteiger partial charge on any atom is 0.266 e. The molecule has 1 N–H and O–H groups in total. The fourth-order valence-corrected chi connectivity index (χ4v) is 12.3. The van der Waals surface area contributed by atoms with Gasteiger partial charge in [-0.15, -0.1) is 0 Å². The Balaban J connectivity index is 1.14. The van der Waals surface area contributed by atoms with Crippen molar-refractivity contribution in [3.8, 4) is 0 Å². The molecule has 8 aromatic rings. The highest BCUT2D eigenvalue weighted by molar-refractivity contribution is 7.90. The van der Waals surface area contributed by atoms with Crippen molar-refractivity contribution in [1.29, 1.82) is 0 Å². The van der Waals surface area contributed by atoms with Gasteiger partial charge in [0.25, 0.3) is 20.0 Å². The molecule has 0 amide bonds. The molecule has 2 heterocycles. The molecule has 0 unspecified atom stereocenters. The van der Waals surface area contributed by atoms with Crippen molar-refractivity contribution in [2.24, 2.45) is 9.98 Å². The van der Waals surface area contributed by atoms with E-state index >= 15 is 16.8 Å². The van der Waals surface area contributed by atoms with Crippen molar-refractivity contribution in [2.45, 2.75) is 47.8 Å². The monoisotopic (exact) mass is 917 g/mol. The van der Waals surface area contributed by atoms with Gasteiger partial charge in [-0.05, 0) is 84.6 Å². The van der Waals surface area contributed by atoms with Crippen molar-refractivity contribution in [1.82, 2.24) is 8.61 Å². The van der Waals surface area contributed by atoms with E-state index in [0.717, 1.165) is 33.4 Å². The van der Waals surface area contributed by atoms with Gasteiger partial charge in [0.2, 0.25) is 0 Å². The van der Waals surface area contributed by atoms with Gasteiger partial charge in [-0.2, -0.15) is 0 Å². The summed E-state index contributed by atoms with van der Waals surface area (Å²) in [5.74, 6) is 0.526. The highest BCUT2D eigenvalue weighted by atomic mass is 32.2. The number of amidine groups is 2. The molecular weight excluding hydrogens is 871 g/mol. The van der Waals surface area contributed by atoms with Crippen molar-refractivity contribution in [2.75, 3.05) is 5.32 Å². The Hall–Kier alpha value is -7.60. The zero-order valence-electron chi connectivity index (χ0n) is 36.8. The Morgan fingerprint density at radius 1 is 0.373 bits per heavy atom. The van der Waals surface area contributed by atoms with Crippen LogP contribution in [0, 0.1) is 13.8 Å². The van der Waals surface area contributed by atoms with Gasteiger partial charge in [-0.1, -0.05) is 181 Å². The molecule has 67 heavy (non-hydrogen) atoms. The molecule has 2 aliphatic heterocycles. The summed E-state index contributed by atoms with van der Waals surface area (Å²) in [5, 5.41) is 3.65. The molecule has 9 nitrogen and oxygen atoms in total. The quantitative estimate of drug-likeness (QED) is 0.131. The molecule has 4 atom stereocenters. The maximum absolute atomic E-state index is 15.3. The van der Waals surface area contributed by atoms with E-state index in [1.54, 1.807) is 48.5 Å². The van der Waals surface area contributed by atoms with Gasteiger partial charge in [0.15, 0.2) is 0 Å². The summed E-state index contributed by atoms with van der Waals surface area (Å²) in [6, 6.07) is 64.9. The number of aryl methyl sites for hydroxylation is 2. The number of hydrogen-bond donors (Lipinski definition) is 1. The largest absolute Gasteiger partial charge is 0.354 e. The number of nitrogens with zero attached hydrogens (tertiary/aromatic N) is 4. The molecule has 0 saturated carbocycles. The van der Waals surface area contributed by atoms with E-state index in [0.29, 0.717) is 22.5 Å². The number of hydrogen-bond acceptors (Lipinski definition) is 7.